The van der Waals surface area contributed by atoms with Crippen molar-refractivity contribution in [2.24, 2.45) is 0 Å². The summed E-state index contributed by atoms with van der Waals surface area (Å²) in [5.41, 5.74) is 0. The summed E-state index contributed by atoms with van der Waals surface area (Å²) in [7, 11) is 3.77. The fraction of sp³-hybridized carbons (Fsp3) is 0.667. The van der Waals surface area contributed by atoms with Crippen LogP contribution in [0, 0.1) is 14.5 Å². The Hall–Kier alpha value is 2.30. The molecular formula is C6H13N2VWY-3. The predicted octanol–water partition coefficient (Wildman–Crippen LogP) is 0.910. The summed E-state index contributed by atoms with van der Waals surface area (Å²) in [6.07, 6.45) is 0. The Kier molecular flexibility index (Phi) is 31.3. The van der Waals surface area contributed by atoms with Crippen LogP contribution >= 0.6 is 0 Å². The summed E-state index contributed by atoms with van der Waals surface area (Å²) in [4.78, 5) is 2.05. The van der Waals surface area contributed by atoms with Gasteiger partial charge in [0.2, 0.25) is 0 Å². The summed E-state index contributed by atoms with van der Waals surface area (Å²) in [5, 5.41) is 4.15. The van der Waals surface area contributed by atoms with Crippen LogP contribution in [0.3, 0.4) is 0 Å². The molecule has 1 heterocycles. The molecule has 1 saturated heterocycles. The fourth-order valence-corrected chi connectivity index (χ4v) is 0.648. The Morgan fingerprint density at radius 1 is 1.18 bits per heavy atom. The second-order valence-corrected chi connectivity index (χ2v) is 1.79. The van der Waals surface area contributed by atoms with Crippen molar-refractivity contribution in [2.75, 3.05) is 26.2 Å². The van der Waals surface area contributed by atoms with E-state index >= 15 is 0 Å². The Bertz CT molecular complexity index is 62.5. The molecule has 0 aromatic carbocycles. The van der Waals surface area contributed by atoms with Crippen LogP contribution in [-0.2, 0) is 72.3 Å². The minimum absolute atomic E-state index is 0. The summed E-state index contributed by atoms with van der Waals surface area (Å²) < 4.78 is 0. The summed E-state index contributed by atoms with van der Waals surface area (Å²) in [5.74, 6) is 0. The third kappa shape index (κ3) is 12.3. The van der Waals surface area contributed by atoms with Gasteiger partial charge in [-0.1, -0.05) is 0 Å². The van der Waals surface area contributed by atoms with Crippen molar-refractivity contribution in [1.82, 2.24) is 4.90 Å². The van der Waals surface area contributed by atoms with Gasteiger partial charge in [0.15, 0.2) is 0 Å². The van der Waals surface area contributed by atoms with Gasteiger partial charge >= 0.3 is 0 Å². The van der Waals surface area contributed by atoms with E-state index in [9.17, 15) is 0 Å². The van der Waals surface area contributed by atoms with Crippen LogP contribution in [0.1, 0.15) is 0 Å². The van der Waals surface area contributed by atoms with Crippen LogP contribution in [0.2, 0.25) is 0 Å². The van der Waals surface area contributed by atoms with E-state index in [1.165, 1.54) is 0 Å². The monoisotopic (exact) mass is 437 g/mol. The molecule has 0 aromatic heterocycles. The molecule has 2 nitrogen and oxygen atoms in total. The van der Waals surface area contributed by atoms with Crippen molar-refractivity contribution < 1.29 is 72.3 Å². The first-order valence-electron chi connectivity index (χ1n) is 2.58. The van der Waals surface area contributed by atoms with Gasteiger partial charge in [-0.05, 0) is 13.1 Å². The molecule has 1 aliphatic heterocycles. The molecule has 0 aromatic rings. The van der Waals surface area contributed by atoms with Gasteiger partial charge in [0, 0.05) is 72.3 Å². The quantitative estimate of drug-likeness (QED) is 0.516. The van der Waals surface area contributed by atoms with E-state index in [0.717, 1.165) is 26.2 Å². The largest absolute Gasteiger partial charge is 0.660 e. The Balaban J connectivity index is -0.0000000612. The standard InChI is InChI=1S/C5H10N2.CH3.V.W.Y/c1-7-4-2-6-3-5-7;;;;/h1-5H2;1H3;;;/q-2;-1;;;. The number of hydrogen-bond donors (Lipinski definition) is 0. The Morgan fingerprint density at radius 3 is 1.73 bits per heavy atom. The topological polar surface area (TPSA) is 17.3 Å². The number of nitrogens with zero attached hydrogens (tertiary/aromatic N) is 2. The van der Waals surface area contributed by atoms with Crippen LogP contribution in [-0.4, -0.2) is 31.1 Å². The molecule has 0 unspecified atom stereocenters. The predicted molar refractivity (Wildman–Crippen MR) is 36.4 cm³/mol. The Morgan fingerprint density at radius 2 is 1.55 bits per heavy atom. The van der Waals surface area contributed by atoms with Gasteiger partial charge in [0.1, 0.15) is 0 Å². The molecular weight excluding hydrogens is 424 g/mol. The Labute approximate surface area is 122 Å². The minimum atomic E-state index is 0. The zero-order valence-corrected chi connectivity index (χ0v) is 14.0. The van der Waals surface area contributed by atoms with Crippen molar-refractivity contribution in [3.05, 3.63) is 19.8 Å². The molecule has 0 atom stereocenters. The van der Waals surface area contributed by atoms with Gasteiger partial charge in [-0.2, -0.15) is 0 Å². The summed E-state index contributed by atoms with van der Waals surface area (Å²) in [6.45, 7) is 4.03. The van der Waals surface area contributed by atoms with E-state index in [1.54, 1.807) is 0 Å². The molecule has 2 radical (unpaired) electrons. The molecule has 0 aliphatic carbocycles. The van der Waals surface area contributed by atoms with Crippen LogP contribution in [0.15, 0.2) is 0 Å². The first kappa shape index (κ1) is 23.3. The summed E-state index contributed by atoms with van der Waals surface area (Å²) in [6, 6.07) is 0. The second kappa shape index (κ2) is 14.8. The van der Waals surface area contributed by atoms with Crippen LogP contribution in [0.25, 0.3) is 5.32 Å². The number of rotatable bonds is 0. The fourth-order valence-electron chi connectivity index (χ4n) is 0.648. The normalized spacial score (nSPS) is 16.1. The molecule has 11 heavy (non-hydrogen) atoms. The molecule has 0 N–H and O–H groups in total. The smallest absolute Gasteiger partial charge is 0 e. The SMILES string of the molecule is [CH2-]N1CC[N-]CC1.[CH3-].[V].[W].[Y]. The number of hydrogen-bond acceptors (Lipinski definition) is 1. The maximum Gasteiger partial charge on any atom is 0 e. The molecule has 64 valence electrons. The molecule has 1 aliphatic rings. The molecule has 1 fully saturated rings. The third-order valence-electron chi connectivity index (χ3n) is 1.15. The van der Waals surface area contributed by atoms with Gasteiger partial charge in [0.05, 0.1) is 0 Å². The molecule has 5 heteroatoms. The van der Waals surface area contributed by atoms with E-state index in [-0.39, 0.29) is 79.8 Å². The van der Waals surface area contributed by atoms with E-state index in [2.05, 4.69) is 12.4 Å². The van der Waals surface area contributed by atoms with Gasteiger partial charge in [-0.3, -0.25) is 7.05 Å². The van der Waals surface area contributed by atoms with Crippen LogP contribution in [0.5, 0.6) is 0 Å². The summed E-state index contributed by atoms with van der Waals surface area (Å²) >= 11 is 0. The third-order valence-corrected chi connectivity index (χ3v) is 1.15. The first-order valence-corrected chi connectivity index (χ1v) is 2.58. The number of piperazine rings is 1. The van der Waals surface area contributed by atoms with E-state index in [4.69, 9.17) is 0 Å². The second-order valence-electron chi connectivity index (χ2n) is 1.79. The maximum absolute atomic E-state index is 4.15. The average Bonchev–Trinajstić information content (AvgIpc) is 1.69. The van der Waals surface area contributed by atoms with E-state index in [1.807, 2.05) is 4.90 Å². The maximum atomic E-state index is 4.15. The van der Waals surface area contributed by atoms with Gasteiger partial charge in [0.25, 0.3) is 0 Å². The zero-order chi connectivity index (χ0) is 5.11. The van der Waals surface area contributed by atoms with Crippen molar-refractivity contribution >= 4 is 0 Å². The van der Waals surface area contributed by atoms with Crippen molar-refractivity contribution in [3.8, 4) is 0 Å². The van der Waals surface area contributed by atoms with Crippen molar-refractivity contribution in [1.29, 1.82) is 0 Å². The van der Waals surface area contributed by atoms with Gasteiger partial charge < -0.3 is 17.6 Å². The van der Waals surface area contributed by atoms with Crippen molar-refractivity contribution in [3.63, 3.8) is 0 Å². The van der Waals surface area contributed by atoms with E-state index in [0.29, 0.717) is 0 Å². The van der Waals surface area contributed by atoms with E-state index < -0.39 is 0 Å². The molecule has 0 saturated carbocycles. The van der Waals surface area contributed by atoms with Crippen molar-refractivity contribution in [2.45, 2.75) is 0 Å². The van der Waals surface area contributed by atoms with Gasteiger partial charge in [-0.15, -0.1) is 13.1 Å². The molecule has 0 spiro atoms. The van der Waals surface area contributed by atoms with Gasteiger partial charge in [-0.25, -0.2) is 0 Å². The molecule has 0 bridgehead atoms. The molecule has 0 amide bonds. The van der Waals surface area contributed by atoms with Crippen LogP contribution in [0.4, 0.5) is 0 Å². The minimum Gasteiger partial charge on any atom is -0.660 e. The first-order chi connectivity index (χ1) is 3.39. The van der Waals surface area contributed by atoms with Crippen LogP contribution < -0.4 is 0 Å². The molecule has 1 rings (SSSR count). The zero-order valence-electron chi connectivity index (χ0n) is 6.86. The average molecular weight is 437 g/mol.